The van der Waals surface area contributed by atoms with Gasteiger partial charge in [0.2, 0.25) is 23.6 Å². The highest BCUT2D eigenvalue weighted by atomic mass is 32.2. The van der Waals surface area contributed by atoms with Gasteiger partial charge in [0.25, 0.3) is 0 Å². The molecule has 7 atom stereocenters. The Morgan fingerprint density at radius 2 is 1.49 bits per heavy atom. The molecule has 9 N–H and O–H groups in total. The molecule has 262 valence electrons. The van der Waals surface area contributed by atoms with Crippen molar-refractivity contribution in [3.63, 3.8) is 0 Å². The fourth-order valence-corrected chi connectivity index (χ4v) is 6.66. The molecule has 0 aliphatic carbocycles. The van der Waals surface area contributed by atoms with E-state index in [0.717, 1.165) is 12.2 Å². The standard InChI is InChI=1S/C28H42N6O12S/c1-13(2)23(27(45)29-14(11-35)9-21(39)40)33-25(43)15(7-8-20(37)38)31-26(44)16(10-22(41)42)30-19(36)6-4-3-5-18-24-17(12-47-18)32-28(46)34-24/h11,13-18,23-24H,3-10,12H2,1-2H3,(H,29,45)(H,30,36)(H,31,44)(H,33,43)(H,37,38)(H,39,40)(H,41,42)(H2,32,34,46). The quantitative estimate of drug-likeness (QED) is 0.0371. The lowest BCUT2D eigenvalue weighted by Gasteiger charge is -2.27. The highest BCUT2D eigenvalue weighted by Gasteiger charge is 2.42. The van der Waals surface area contributed by atoms with Crippen molar-refractivity contribution in [1.82, 2.24) is 31.9 Å². The minimum Gasteiger partial charge on any atom is -0.481 e. The van der Waals surface area contributed by atoms with Gasteiger partial charge in [-0.15, -0.1) is 0 Å². The molecular weight excluding hydrogens is 644 g/mol. The molecule has 18 nitrogen and oxygen atoms in total. The molecule has 2 saturated heterocycles. The molecular formula is C28H42N6O12S. The molecule has 0 aromatic carbocycles. The number of thioether (sulfide) groups is 1. The molecule has 0 spiro atoms. The maximum atomic E-state index is 13.2. The Kier molecular flexibility index (Phi) is 15.4. The van der Waals surface area contributed by atoms with Crippen molar-refractivity contribution in [3.05, 3.63) is 0 Å². The molecule has 0 aromatic rings. The molecule has 2 fully saturated rings. The van der Waals surface area contributed by atoms with Gasteiger partial charge in [-0.2, -0.15) is 11.8 Å². The first-order valence-corrected chi connectivity index (χ1v) is 16.2. The van der Waals surface area contributed by atoms with Crippen LogP contribution in [0, 0.1) is 5.92 Å². The third kappa shape index (κ3) is 13.1. The van der Waals surface area contributed by atoms with Crippen LogP contribution in [-0.4, -0.2) is 116 Å². The van der Waals surface area contributed by atoms with E-state index in [1.54, 1.807) is 11.8 Å². The lowest BCUT2D eigenvalue weighted by Crippen LogP contribution is -2.58. The fraction of sp³-hybridized carbons (Fsp3) is 0.679. The van der Waals surface area contributed by atoms with E-state index in [1.165, 1.54) is 13.8 Å². The molecule has 2 aliphatic rings. The van der Waals surface area contributed by atoms with E-state index in [0.29, 0.717) is 12.8 Å². The molecule has 2 rings (SSSR count). The highest BCUT2D eigenvalue weighted by Crippen LogP contribution is 2.33. The molecule has 0 saturated carbocycles. The summed E-state index contributed by atoms with van der Waals surface area (Å²) in [5.41, 5.74) is 0. The summed E-state index contributed by atoms with van der Waals surface area (Å²) >= 11 is 1.72. The lowest BCUT2D eigenvalue weighted by atomic mass is 10.0. The van der Waals surface area contributed by atoms with Crippen LogP contribution < -0.4 is 31.9 Å². The van der Waals surface area contributed by atoms with E-state index in [2.05, 4.69) is 31.9 Å². The Bertz CT molecular complexity index is 1220. The van der Waals surface area contributed by atoms with Crippen LogP contribution in [0.5, 0.6) is 0 Å². The van der Waals surface area contributed by atoms with Gasteiger partial charge < -0.3 is 52.0 Å². The Hall–Kier alpha value is -4.42. The van der Waals surface area contributed by atoms with Crippen LogP contribution in [0.25, 0.3) is 0 Å². The number of rotatable bonds is 21. The second kappa shape index (κ2) is 18.7. The van der Waals surface area contributed by atoms with Gasteiger partial charge in [0.15, 0.2) is 0 Å². The fourth-order valence-electron chi connectivity index (χ4n) is 5.12. The van der Waals surface area contributed by atoms with Crippen LogP contribution in [0.1, 0.15) is 65.2 Å². The Morgan fingerprint density at radius 3 is 2.09 bits per heavy atom. The molecule has 2 heterocycles. The number of aliphatic carboxylic acids is 3. The summed E-state index contributed by atoms with van der Waals surface area (Å²) in [6, 6.07) is -6.04. The number of hydrogen-bond acceptors (Lipinski definition) is 10. The summed E-state index contributed by atoms with van der Waals surface area (Å²) < 4.78 is 0. The lowest BCUT2D eigenvalue weighted by molar-refractivity contribution is -0.141. The third-order valence-electron chi connectivity index (χ3n) is 7.52. The van der Waals surface area contributed by atoms with Crippen LogP contribution in [0.3, 0.4) is 0 Å². The van der Waals surface area contributed by atoms with Gasteiger partial charge in [0.1, 0.15) is 24.4 Å². The average Bonchev–Trinajstić information content (AvgIpc) is 3.53. The first kappa shape index (κ1) is 38.8. The summed E-state index contributed by atoms with van der Waals surface area (Å²) in [5, 5.41) is 42.5. The second-order valence-electron chi connectivity index (χ2n) is 11.7. The number of aldehydes is 1. The summed E-state index contributed by atoms with van der Waals surface area (Å²) in [4.78, 5) is 108. The number of carbonyl (C=O) groups excluding carboxylic acids is 6. The molecule has 7 unspecified atom stereocenters. The number of amides is 6. The van der Waals surface area contributed by atoms with Crippen molar-refractivity contribution >= 4 is 65.6 Å². The molecule has 0 radical (unpaired) electrons. The average molecular weight is 687 g/mol. The largest absolute Gasteiger partial charge is 0.481 e. The number of carboxylic acids is 3. The van der Waals surface area contributed by atoms with Gasteiger partial charge in [-0.3, -0.25) is 33.6 Å². The van der Waals surface area contributed by atoms with Crippen LogP contribution >= 0.6 is 11.8 Å². The summed E-state index contributed by atoms with van der Waals surface area (Å²) in [6.45, 7) is 3.07. The molecule has 2 aliphatic heterocycles. The number of nitrogens with one attached hydrogen (secondary N) is 6. The predicted octanol–water partition coefficient (Wildman–Crippen LogP) is -1.68. The molecule has 47 heavy (non-hydrogen) atoms. The SMILES string of the molecule is CC(C)C(NC(=O)C(CCC(=O)O)NC(=O)C(CC(=O)O)NC(=O)CCCCC1SCC2NC(=O)NC21)C(=O)NC(C=O)CC(=O)O. The Balaban J connectivity index is 2.02. The minimum atomic E-state index is -1.61. The van der Waals surface area contributed by atoms with E-state index in [-0.39, 0.29) is 36.1 Å². The molecule has 19 heteroatoms. The number of fused-ring (bicyclic) bond motifs is 1. The van der Waals surface area contributed by atoms with Crippen molar-refractivity contribution < 1.29 is 58.5 Å². The number of urea groups is 1. The smallest absolute Gasteiger partial charge is 0.315 e. The highest BCUT2D eigenvalue weighted by molar-refractivity contribution is 8.00. The van der Waals surface area contributed by atoms with Gasteiger partial charge in [-0.05, 0) is 25.2 Å². The van der Waals surface area contributed by atoms with Crippen molar-refractivity contribution in [2.24, 2.45) is 5.92 Å². The zero-order chi connectivity index (χ0) is 35.3. The maximum Gasteiger partial charge on any atom is 0.315 e. The minimum absolute atomic E-state index is 0.00615. The van der Waals surface area contributed by atoms with Crippen molar-refractivity contribution in [3.8, 4) is 0 Å². The molecule has 0 bridgehead atoms. The van der Waals surface area contributed by atoms with E-state index in [1.807, 2.05) is 0 Å². The molecule has 6 amide bonds. The summed E-state index contributed by atoms with van der Waals surface area (Å²) in [5.74, 6) is -7.52. The molecule has 0 aromatic heterocycles. The van der Waals surface area contributed by atoms with Crippen molar-refractivity contribution in [2.75, 3.05) is 5.75 Å². The van der Waals surface area contributed by atoms with E-state index >= 15 is 0 Å². The van der Waals surface area contributed by atoms with E-state index < -0.39 is 97.3 Å². The third-order valence-corrected chi connectivity index (χ3v) is 9.03. The van der Waals surface area contributed by atoms with Gasteiger partial charge in [0.05, 0.1) is 31.0 Å². The maximum absolute atomic E-state index is 13.2. The number of unbranched alkanes of at least 4 members (excludes halogenated alkanes) is 1. The normalized spacial score (nSPS) is 20.7. The second-order valence-corrected chi connectivity index (χ2v) is 12.9. The van der Waals surface area contributed by atoms with Crippen LogP contribution in [0.15, 0.2) is 0 Å². The van der Waals surface area contributed by atoms with Crippen LogP contribution in [0.4, 0.5) is 4.79 Å². The first-order valence-electron chi connectivity index (χ1n) is 15.1. The number of carbonyl (C=O) groups is 9. The van der Waals surface area contributed by atoms with Crippen LogP contribution in [0.2, 0.25) is 0 Å². The summed E-state index contributed by atoms with van der Waals surface area (Å²) in [6.07, 6.45) is -0.640. The monoisotopic (exact) mass is 686 g/mol. The van der Waals surface area contributed by atoms with Gasteiger partial charge in [0, 0.05) is 23.8 Å². The zero-order valence-corrected chi connectivity index (χ0v) is 26.8. The number of carboxylic acid groups (broad SMARTS) is 3. The Labute approximate surface area is 274 Å². The number of hydrogen-bond donors (Lipinski definition) is 9. The van der Waals surface area contributed by atoms with Crippen molar-refractivity contribution in [2.45, 2.75) is 107 Å². The topological polar surface area (TPSA) is 286 Å². The van der Waals surface area contributed by atoms with Crippen LogP contribution in [-0.2, 0) is 38.4 Å². The Morgan fingerprint density at radius 1 is 0.830 bits per heavy atom. The van der Waals surface area contributed by atoms with Gasteiger partial charge in [-0.1, -0.05) is 20.3 Å². The van der Waals surface area contributed by atoms with Gasteiger partial charge >= 0.3 is 23.9 Å². The van der Waals surface area contributed by atoms with Crippen molar-refractivity contribution in [1.29, 1.82) is 0 Å². The summed E-state index contributed by atoms with van der Waals surface area (Å²) in [7, 11) is 0. The van der Waals surface area contributed by atoms with Gasteiger partial charge in [-0.25, -0.2) is 4.79 Å². The first-order chi connectivity index (χ1) is 22.1. The van der Waals surface area contributed by atoms with E-state index in [9.17, 15) is 48.3 Å². The predicted molar refractivity (Wildman–Crippen MR) is 164 cm³/mol. The zero-order valence-electron chi connectivity index (χ0n) is 26.0. The van der Waals surface area contributed by atoms with E-state index in [4.69, 9.17) is 10.2 Å².